The molecule has 0 spiro atoms. The Morgan fingerprint density at radius 2 is 1.81 bits per heavy atom. The molecule has 0 bridgehead atoms. The van der Waals surface area contributed by atoms with Crippen LogP contribution in [-0.4, -0.2) is 26.0 Å². The lowest BCUT2D eigenvalue weighted by Gasteiger charge is -2.13. The first-order valence-corrected chi connectivity index (χ1v) is 8.64. The predicted molar refractivity (Wildman–Crippen MR) is 99.6 cm³/mol. The molecule has 3 rings (SSSR count). The van der Waals surface area contributed by atoms with Crippen molar-refractivity contribution in [1.82, 2.24) is 15.0 Å². The van der Waals surface area contributed by atoms with Crippen LogP contribution in [-0.2, 0) is 19.3 Å². The van der Waals surface area contributed by atoms with E-state index in [0.717, 1.165) is 28.8 Å². The smallest absolute Gasteiger partial charge is 0.373 e. The Balaban J connectivity index is 1.96. The highest BCUT2D eigenvalue weighted by Gasteiger charge is 2.17. The maximum Gasteiger partial charge on any atom is 0.373 e. The molecule has 1 aromatic carbocycles. The Labute approximate surface area is 156 Å². The van der Waals surface area contributed by atoms with Gasteiger partial charge in [0, 0.05) is 35.2 Å². The van der Waals surface area contributed by atoms with Crippen LogP contribution in [0.5, 0.6) is 0 Å². The van der Waals surface area contributed by atoms with Crippen molar-refractivity contribution >= 4 is 17.6 Å². The first kappa shape index (κ1) is 18.0. The highest BCUT2D eigenvalue weighted by atomic mass is 35.5. The highest BCUT2D eigenvalue weighted by molar-refractivity contribution is 6.31. The van der Waals surface area contributed by atoms with Gasteiger partial charge in [-0.25, -0.2) is 14.8 Å². The van der Waals surface area contributed by atoms with Crippen LogP contribution >= 0.6 is 11.6 Å². The van der Waals surface area contributed by atoms with Gasteiger partial charge in [-0.1, -0.05) is 29.8 Å². The lowest BCUT2D eigenvalue weighted by Crippen LogP contribution is -2.13. The fraction of sp³-hybridized carbons (Fsp3) is 0.200. The predicted octanol–water partition coefficient (Wildman–Crippen LogP) is 3.91. The summed E-state index contributed by atoms with van der Waals surface area (Å²) in [6.45, 7) is 1.82. The molecule has 0 saturated heterocycles. The maximum absolute atomic E-state index is 11.3. The third-order valence-electron chi connectivity index (χ3n) is 4.22. The number of carbonyl (C=O) groups is 1. The quantitative estimate of drug-likeness (QED) is 0.714. The SMILES string of the molecule is Cc1nc(C(=O)O)nc(CCc2ccncc2)c1Cc1ccccc1Cl. The number of aromatic nitrogens is 3. The molecule has 3 aromatic rings. The van der Waals surface area contributed by atoms with E-state index in [0.29, 0.717) is 23.6 Å². The number of benzene rings is 1. The summed E-state index contributed by atoms with van der Waals surface area (Å²) < 4.78 is 0. The molecule has 2 heterocycles. The molecule has 0 aliphatic rings. The molecule has 0 radical (unpaired) electrons. The van der Waals surface area contributed by atoms with Crippen molar-refractivity contribution in [2.75, 3.05) is 0 Å². The number of carboxylic acid groups (broad SMARTS) is 1. The van der Waals surface area contributed by atoms with E-state index in [-0.39, 0.29) is 5.82 Å². The van der Waals surface area contributed by atoms with E-state index in [9.17, 15) is 9.90 Å². The van der Waals surface area contributed by atoms with E-state index in [4.69, 9.17) is 11.6 Å². The third-order valence-corrected chi connectivity index (χ3v) is 4.58. The van der Waals surface area contributed by atoms with Gasteiger partial charge in [-0.2, -0.15) is 0 Å². The second-order valence-corrected chi connectivity index (χ2v) is 6.39. The highest BCUT2D eigenvalue weighted by Crippen LogP contribution is 2.23. The van der Waals surface area contributed by atoms with Crippen LogP contribution in [0.4, 0.5) is 0 Å². The lowest BCUT2D eigenvalue weighted by atomic mass is 9.98. The minimum absolute atomic E-state index is 0.171. The average Bonchev–Trinajstić information content (AvgIpc) is 2.64. The minimum atomic E-state index is -1.12. The van der Waals surface area contributed by atoms with Crippen molar-refractivity contribution in [2.45, 2.75) is 26.2 Å². The van der Waals surface area contributed by atoms with Crippen LogP contribution in [0, 0.1) is 6.92 Å². The summed E-state index contributed by atoms with van der Waals surface area (Å²) in [7, 11) is 0. The first-order chi connectivity index (χ1) is 12.5. The minimum Gasteiger partial charge on any atom is -0.475 e. The summed E-state index contributed by atoms with van der Waals surface area (Å²) in [6, 6.07) is 11.5. The van der Waals surface area contributed by atoms with E-state index in [1.807, 2.05) is 43.3 Å². The van der Waals surface area contributed by atoms with Gasteiger partial charge in [0.15, 0.2) is 0 Å². The van der Waals surface area contributed by atoms with E-state index in [2.05, 4.69) is 15.0 Å². The van der Waals surface area contributed by atoms with Gasteiger partial charge in [0.25, 0.3) is 0 Å². The fourth-order valence-corrected chi connectivity index (χ4v) is 3.03. The van der Waals surface area contributed by atoms with Gasteiger partial charge in [-0.05, 0) is 54.7 Å². The van der Waals surface area contributed by atoms with E-state index < -0.39 is 5.97 Å². The Kier molecular flexibility index (Phi) is 5.58. The van der Waals surface area contributed by atoms with Gasteiger partial charge >= 0.3 is 5.97 Å². The van der Waals surface area contributed by atoms with Crippen molar-refractivity contribution in [1.29, 1.82) is 0 Å². The summed E-state index contributed by atoms with van der Waals surface area (Å²) in [5.41, 5.74) is 4.43. The van der Waals surface area contributed by atoms with Gasteiger partial charge in [-0.3, -0.25) is 4.98 Å². The second kappa shape index (κ2) is 8.06. The summed E-state index contributed by atoms with van der Waals surface area (Å²) in [6.07, 6.45) is 5.42. The van der Waals surface area contributed by atoms with Crippen LogP contribution < -0.4 is 0 Å². The molecule has 0 fully saturated rings. The number of nitrogens with zero attached hydrogens (tertiary/aromatic N) is 3. The summed E-state index contributed by atoms with van der Waals surface area (Å²) in [5.74, 6) is -1.29. The van der Waals surface area contributed by atoms with Crippen LogP contribution in [0.1, 0.15) is 38.7 Å². The molecule has 0 aliphatic heterocycles. The number of hydrogen-bond donors (Lipinski definition) is 1. The molecule has 5 nitrogen and oxygen atoms in total. The molecule has 6 heteroatoms. The summed E-state index contributed by atoms with van der Waals surface area (Å²) in [4.78, 5) is 23.8. The number of carboxylic acids is 1. The Hall–Kier alpha value is -2.79. The normalized spacial score (nSPS) is 10.7. The van der Waals surface area contributed by atoms with Crippen molar-refractivity contribution in [2.24, 2.45) is 0 Å². The average molecular weight is 368 g/mol. The zero-order valence-electron chi connectivity index (χ0n) is 14.3. The zero-order chi connectivity index (χ0) is 18.5. The van der Waals surface area contributed by atoms with Gasteiger partial charge in [0.2, 0.25) is 5.82 Å². The van der Waals surface area contributed by atoms with Crippen LogP contribution in [0.3, 0.4) is 0 Å². The van der Waals surface area contributed by atoms with Gasteiger partial charge < -0.3 is 5.11 Å². The molecule has 0 atom stereocenters. The topological polar surface area (TPSA) is 76.0 Å². The van der Waals surface area contributed by atoms with E-state index in [1.54, 1.807) is 12.4 Å². The number of aromatic carboxylic acids is 1. The zero-order valence-corrected chi connectivity index (χ0v) is 15.1. The molecule has 26 heavy (non-hydrogen) atoms. The van der Waals surface area contributed by atoms with Gasteiger partial charge in [0.05, 0.1) is 0 Å². The molecule has 0 unspecified atom stereocenters. The molecule has 0 aliphatic carbocycles. The molecule has 0 amide bonds. The van der Waals surface area contributed by atoms with Crippen molar-refractivity contribution < 1.29 is 9.90 Å². The lowest BCUT2D eigenvalue weighted by molar-refractivity contribution is 0.0682. The van der Waals surface area contributed by atoms with E-state index in [1.165, 1.54) is 0 Å². The number of halogens is 1. The number of hydrogen-bond acceptors (Lipinski definition) is 4. The first-order valence-electron chi connectivity index (χ1n) is 8.26. The number of rotatable bonds is 6. The largest absolute Gasteiger partial charge is 0.475 e. The number of aryl methyl sites for hydroxylation is 3. The second-order valence-electron chi connectivity index (χ2n) is 5.99. The van der Waals surface area contributed by atoms with Gasteiger partial charge in [-0.15, -0.1) is 0 Å². The summed E-state index contributed by atoms with van der Waals surface area (Å²) in [5, 5.41) is 9.96. The van der Waals surface area contributed by atoms with Crippen molar-refractivity contribution in [3.8, 4) is 0 Å². The van der Waals surface area contributed by atoms with E-state index >= 15 is 0 Å². The monoisotopic (exact) mass is 367 g/mol. The Morgan fingerprint density at radius 3 is 2.50 bits per heavy atom. The standard InChI is InChI=1S/C20H18ClN3O2/c1-13-16(12-15-4-2-3-5-17(15)21)18(24-19(23-13)20(25)26)7-6-14-8-10-22-11-9-14/h2-5,8-11H,6-7,12H2,1H3,(H,25,26). The molecule has 0 saturated carbocycles. The van der Waals surface area contributed by atoms with Crippen molar-refractivity contribution in [3.63, 3.8) is 0 Å². The molecular weight excluding hydrogens is 350 g/mol. The maximum atomic E-state index is 11.3. The molecule has 132 valence electrons. The third kappa shape index (κ3) is 4.24. The van der Waals surface area contributed by atoms with Crippen molar-refractivity contribution in [3.05, 3.63) is 87.7 Å². The van der Waals surface area contributed by atoms with Crippen LogP contribution in [0.25, 0.3) is 0 Å². The van der Waals surface area contributed by atoms with Crippen LogP contribution in [0.2, 0.25) is 5.02 Å². The Morgan fingerprint density at radius 1 is 1.08 bits per heavy atom. The summed E-state index contributed by atoms with van der Waals surface area (Å²) >= 11 is 6.29. The van der Waals surface area contributed by atoms with Crippen LogP contribution in [0.15, 0.2) is 48.8 Å². The molecule has 2 aromatic heterocycles. The van der Waals surface area contributed by atoms with Gasteiger partial charge in [0.1, 0.15) is 0 Å². The Bertz CT molecular complexity index is 930. The number of pyridine rings is 1. The molecular formula is C20H18ClN3O2. The fourth-order valence-electron chi connectivity index (χ4n) is 2.83. The molecule has 1 N–H and O–H groups in total.